The van der Waals surface area contributed by atoms with Gasteiger partial charge in [-0.05, 0) is 6.92 Å². The Morgan fingerprint density at radius 1 is 1.64 bits per heavy atom. The molecule has 0 aliphatic rings. The van der Waals surface area contributed by atoms with Crippen molar-refractivity contribution in [2.24, 2.45) is 0 Å². The fourth-order valence-corrected chi connectivity index (χ4v) is 1.64. The van der Waals surface area contributed by atoms with Crippen molar-refractivity contribution >= 4 is 13.7 Å². The molecule has 0 heterocycles. The SMILES string of the molecule is C=CP(=O)(OCC)OCCNC(=O)O. The van der Waals surface area contributed by atoms with Crippen LogP contribution < -0.4 is 5.32 Å². The molecular weight excluding hydrogens is 209 g/mol. The molecule has 0 aliphatic heterocycles. The highest BCUT2D eigenvalue weighted by Gasteiger charge is 2.18. The first-order chi connectivity index (χ1) is 6.54. The van der Waals surface area contributed by atoms with E-state index in [-0.39, 0.29) is 19.8 Å². The summed E-state index contributed by atoms with van der Waals surface area (Å²) in [5.41, 5.74) is 0. The van der Waals surface area contributed by atoms with Crippen molar-refractivity contribution in [3.05, 3.63) is 12.4 Å². The summed E-state index contributed by atoms with van der Waals surface area (Å²) in [7, 11) is -3.23. The summed E-state index contributed by atoms with van der Waals surface area (Å²) in [6.07, 6.45) is -1.15. The van der Waals surface area contributed by atoms with Gasteiger partial charge in [-0.25, -0.2) is 4.79 Å². The van der Waals surface area contributed by atoms with Crippen molar-refractivity contribution in [1.29, 1.82) is 0 Å². The van der Waals surface area contributed by atoms with E-state index in [1.54, 1.807) is 6.92 Å². The molecule has 14 heavy (non-hydrogen) atoms. The molecule has 1 unspecified atom stereocenters. The summed E-state index contributed by atoms with van der Waals surface area (Å²) < 4.78 is 21.2. The maximum atomic E-state index is 11.5. The van der Waals surface area contributed by atoms with Crippen LogP contribution in [0.1, 0.15) is 6.92 Å². The third kappa shape index (κ3) is 5.75. The molecule has 0 aliphatic carbocycles. The molecule has 0 aromatic rings. The summed E-state index contributed by atoms with van der Waals surface area (Å²) in [6.45, 7) is 5.27. The summed E-state index contributed by atoms with van der Waals surface area (Å²) in [5, 5.41) is 10.3. The van der Waals surface area contributed by atoms with Gasteiger partial charge in [0.15, 0.2) is 0 Å². The van der Waals surface area contributed by atoms with E-state index in [9.17, 15) is 9.36 Å². The first-order valence-electron chi connectivity index (χ1n) is 4.03. The van der Waals surface area contributed by atoms with Gasteiger partial charge < -0.3 is 19.5 Å². The van der Waals surface area contributed by atoms with Crippen molar-refractivity contribution < 1.29 is 23.5 Å². The van der Waals surface area contributed by atoms with Crippen LogP contribution in [0.25, 0.3) is 0 Å². The summed E-state index contributed by atoms with van der Waals surface area (Å²) in [6, 6.07) is 0. The smallest absolute Gasteiger partial charge is 0.404 e. The van der Waals surface area contributed by atoms with E-state index in [0.29, 0.717) is 0 Å². The van der Waals surface area contributed by atoms with Gasteiger partial charge >= 0.3 is 13.7 Å². The molecule has 0 aromatic carbocycles. The Balaban J connectivity index is 3.78. The zero-order chi connectivity index (χ0) is 11.0. The topological polar surface area (TPSA) is 84.9 Å². The lowest BCUT2D eigenvalue weighted by molar-refractivity contribution is 0.186. The molecule has 0 bridgehead atoms. The molecule has 0 saturated carbocycles. The molecule has 7 heteroatoms. The Morgan fingerprint density at radius 2 is 2.29 bits per heavy atom. The molecule has 82 valence electrons. The Labute approximate surface area is 82.4 Å². The van der Waals surface area contributed by atoms with Gasteiger partial charge in [0.2, 0.25) is 0 Å². The largest absolute Gasteiger partial charge is 0.465 e. The van der Waals surface area contributed by atoms with E-state index in [0.717, 1.165) is 5.82 Å². The molecule has 0 spiro atoms. The molecule has 6 nitrogen and oxygen atoms in total. The molecule has 0 fully saturated rings. The number of nitrogens with one attached hydrogen (secondary N) is 1. The highest BCUT2D eigenvalue weighted by molar-refractivity contribution is 7.57. The van der Waals surface area contributed by atoms with E-state index in [4.69, 9.17) is 14.2 Å². The summed E-state index contributed by atoms with van der Waals surface area (Å²) >= 11 is 0. The summed E-state index contributed by atoms with van der Waals surface area (Å²) in [4.78, 5) is 10.0. The van der Waals surface area contributed by atoms with E-state index in [1.807, 2.05) is 0 Å². The minimum Gasteiger partial charge on any atom is -0.465 e. The summed E-state index contributed by atoms with van der Waals surface area (Å²) in [5.74, 6) is 1.09. The van der Waals surface area contributed by atoms with Crippen molar-refractivity contribution in [1.82, 2.24) is 5.32 Å². The van der Waals surface area contributed by atoms with Crippen LogP contribution in [0.4, 0.5) is 4.79 Å². The van der Waals surface area contributed by atoms with Gasteiger partial charge in [0, 0.05) is 12.4 Å². The average Bonchev–Trinajstić information content (AvgIpc) is 2.13. The third-order valence-electron chi connectivity index (χ3n) is 1.18. The first-order valence-corrected chi connectivity index (χ1v) is 5.64. The van der Waals surface area contributed by atoms with Gasteiger partial charge in [0.1, 0.15) is 0 Å². The van der Waals surface area contributed by atoms with Gasteiger partial charge in [-0.1, -0.05) is 6.58 Å². The Kier molecular flexibility index (Phi) is 6.19. The molecule has 0 saturated heterocycles. The monoisotopic (exact) mass is 223 g/mol. The number of carbonyl (C=O) groups is 1. The maximum absolute atomic E-state index is 11.5. The molecular formula is C7H14NO5P. The minimum atomic E-state index is -3.23. The van der Waals surface area contributed by atoms with Crippen LogP contribution in [0.3, 0.4) is 0 Å². The van der Waals surface area contributed by atoms with Crippen LogP contribution in [-0.2, 0) is 13.6 Å². The normalized spacial score (nSPS) is 14.4. The second kappa shape index (κ2) is 6.59. The Bertz CT molecular complexity index is 242. The van der Waals surface area contributed by atoms with Crippen molar-refractivity contribution in [3.63, 3.8) is 0 Å². The number of hydrogen-bond donors (Lipinski definition) is 2. The van der Waals surface area contributed by atoms with Crippen LogP contribution in [0.2, 0.25) is 0 Å². The molecule has 2 N–H and O–H groups in total. The number of hydrogen-bond acceptors (Lipinski definition) is 4. The second-order valence-corrected chi connectivity index (χ2v) is 4.17. The second-order valence-electron chi connectivity index (χ2n) is 2.21. The highest BCUT2D eigenvalue weighted by Crippen LogP contribution is 2.48. The number of rotatable bonds is 7. The lowest BCUT2D eigenvalue weighted by Crippen LogP contribution is -2.24. The number of carboxylic acid groups (broad SMARTS) is 1. The van der Waals surface area contributed by atoms with Gasteiger partial charge in [0.25, 0.3) is 0 Å². The fraction of sp³-hybridized carbons (Fsp3) is 0.571. The molecule has 0 rings (SSSR count). The van der Waals surface area contributed by atoms with Crippen LogP contribution in [0.15, 0.2) is 12.4 Å². The predicted octanol–water partition coefficient (Wildman–Crippen LogP) is 1.64. The molecule has 0 radical (unpaired) electrons. The highest BCUT2D eigenvalue weighted by atomic mass is 31.2. The van der Waals surface area contributed by atoms with Gasteiger partial charge in [-0.15, -0.1) is 0 Å². The van der Waals surface area contributed by atoms with Crippen LogP contribution in [-0.4, -0.2) is 31.0 Å². The van der Waals surface area contributed by atoms with E-state index < -0.39 is 13.7 Å². The zero-order valence-corrected chi connectivity index (χ0v) is 8.83. The van der Waals surface area contributed by atoms with Gasteiger partial charge in [0.05, 0.1) is 13.2 Å². The standard InChI is InChI=1S/C7H14NO5P/c1-3-12-14(11,4-2)13-6-5-8-7(9)10/h4,8H,2-3,5-6H2,1H3,(H,9,10). The van der Waals surface area contributed by atoms with Gasteiger partial charge in [-0.2, -0.15) is 0 Å². The molecule has 1 atom stereocenters. The number of amides is 1. The quantitative estimate of drug-likeness (QED) is 0.506. The fourth-order valence-electron chi connectivity index (χ4n) is 0.653. The predicted molar refractivity (Wildman–Crippen MR) is 51.4 cm³/mol. The van der Waals surface area contributed by atoms with E-state index >= 15 is 0 Å². The van der Waals surface area contributed by atoms with Crippen molar-refractivity contribution in [2.75, 3.05) is 19.8 Å². The van der Waals surface area contributed by atoms with Crippen molar-refractivity contribution in [3.8, 4) is 0 Å². The maximum Gasteiger partial charge on any atom is 0.404 e. The van der Waals surface area contributed by atoms with Crippen LogP contribution in [0.5, 0.6) is 0 Å². The molecule has 0 aromatic heterocycles. The first kappa shape index (κ1) is 13.2. The third-order valence-corrected chi connectivity index (χ3v) is 2.79. The Morgan fingerprint density at radius 3 is 2.71 bits per heavy atom. The minimum absolute atomic E-state index is 0.0183. The van der Waals surface area contributed by atoms with E-state index in [1.165, 1.54) is 0 Å². The lowest BCUT2D eigenvalue weighted by atomic mass is 10.7. The zero-order valence-electron chi connectivity index (χ0n) is 7.93. The van der Waals surface area contributed by atoms with Crippen molar-refractivity contribution in [2.45, 2.75) is 6.92 Å². The van der Waals surface area contributed by atoms with Gasteiger partial charge in [-0.3, -0.25) is 4.57 Å². The van der Waals surface area contributed by atoms with Crippen LogP contribution >= 0.6 is 7.60 Å². The average molecular weight is 223 g/mol. The molecule has 1 amide bonds. The Hall–Kier alpha value is -0.840. The van der Waals surface area contributed by atoms with E-state index in [2.05, 4.69) is 11.9 Å². The lowest BCUT2D eigenvalue weighted by Gasteiger charge is -2.13. The van der Waals surface area contributed by atoms with Crippen LogP contribution in [0, 0.1) is 0 Å².